The van der Waals surface area contributed by atoms with Crippen LogP contribution in [0.5, 0.6) is 0 Å². The number of aromatic carboxylic acids is 1. The zero-order chi connectivity index (χ0) is 21.3. The summed E-state index contributed by atoms with van der Waals surface area (Å²) in [5.74, 6) is -1.74. The molecule has 0 unspecified atom stereocenters. The second-order valence-corrected chi connectivity index (χ2v) is 7.18. The molecular weight excluding hydrogens is 398 g/mol. The summed E-state index contributed by atoms with van der Waals surface area (Å²) in [7, 11) is 0. The third-order valence-corrected chi connectivity index (χ3v) is 5.05. The Hall–Kier alpha value is -4.02. The minimum absolute atomic E-state index is 0.0419. The van der Waals surface area contributed by atoms with Gasteiger partial charge in [-0.3, -0.25) is 4.79 Å². The van der Waals surface area contributed by atoms with E-state index in [0.717, 1.165) is 15.5 Å². The monoisotopic (exact) mass is 415 g/mol. The Morgan fingerprint density at radius 3 is 2.43 bits per heavy atom. The van der Waals surface area contributed by atoms with Crippen LogP contribution in [0.1, 0.15) is 10.4 Å². The van der Waals surface area contributed by atoms with Crippen molar-refractivity contribution >= 4 is 35.0 Å². The smallest absolute Gasteiger partial charge is 0.335 e. The van der Waals surface area contributed by atoms with Crippen molar-refractivity contribution < 1.29 is 14.7 Å². The molecule has 3 N–H and O–H groups in total. The van der Waals surface area contributed by atoms with Crippen molar-refractivity contribution in [3.63, 3.8) is 0 Å². The van der Waals surface area contributed by atoms with E-state index in [1.165, 1.54) is 24.4 Å². The molecule has 0 aliphatic heterocycles. The Labute approximate surface area is 177 Å². The van der Waals surface area contributed by atoms with E-state index in [9.17, 15) is 14.9 Å². The second kappa shape index (κ2) is 9.96. The highest BCUT2D eigenvalue weighted by Gasteiger charge is 2.11. The van der Waals surface area contributed by atoms with Crippen LogP contribution in [-0.4, -0.2) is 17.0 Å². The molecule has 7 heteroatoms. The molecule has 0 fully saturated rings. The Morgan fingerprint density at radius 1 is 0.967 bits per heavy atom. The summed E-state index contributed by atoms with van der Waals surface area (Å²) < 4.78 is 0. The Balaban J connectivity index is 1.74. The van der Waals surface area contributed by atoms with Crippen molar-refractivity contribution in [2.45, 2.75) is 9.79 Å². The van der Waals surface area contributed by atoms with Crippen molar-refractivity contribution in [1.82, 2.24) is 0 Å². The average molecular weight is 415 g/mol. The summed E-state index contributed by atoms with van der Waals surface area (Å²) in [6.45, 7) is 0. The minimum atomic E-state index is -1.10. The number of nitrogens with one attached hydrogen (secondary N) is 2. The van der Waals surface area contributed by atoms with Gasteiger partial charge in [0.25, 0.3) is 5.91 Å². The molecule has 0 radical (unpaired) electrons. The van der Waals surface area contributed by atoms with Crippen LogP contribution in [0.3, 0.4) is 0 Å². The first-order chi connectivity index (χ1) is 14.6. The molecule has 148 valence electrons. The Bertz CT molecular complexity index is 1140. The number of carboxylic acid groups (broad SMARTS) is 1. The second-order valence-electron chi connectivity index (χ2n) is 6.07. The number of para-hydroxylation sites is 1. The predicted molar refractivity (Wildman–Crippen MR) is 116 cm³/mol. The molecule has 3 aromatic rings. The van der Waals surface area contributed by atoms with Gasteiger partial charge < -0.3 is 15.7 Å². The maximum atomic E-state index is 12.4. The predicted octanol–water partition coefficient (Wildman–Crippen LogP) is 4.99. The fraction of sp³-hybridized carbons (Fsp3) is 0. The van der Waals surface area contributed by atoms with Gasteiger partial charge in [-0.2, -0.15) is 5.26 Å². The summed E-state index contributed by atoms with van der Waals surface area (Å²) in [4.78, 5) is 25.5. The lowest BCUT2D eigenvalue weighted by Crippen LogP contribution is -2.15. The van der Waals surface area contributed by atoms with E-state index in [2.05, 4.69) is 10.6 Å². The molecule has 0 aliphatic rings. The molecule has 0 atom stereocenters. The molecule has 0 heterocycles. The van der Waals surface area contributed by atoms with Crippen molar-refractivity contribution in [3.8, 4) is 6.07 Å². The molecule has 0 saturated carbocycles. The standard InChI is InChI=1S/C23H17N3O3S/c24-14-17(22(27)26-18-8-6-7-16(13-18)23(28)29)15-25-20-11-4-5-12-21(20)30-19-9-2-1-3-10-19/h1-13,15,25H,(H,26,27)(H,28,29)/b17-15-. The number of carbonyl (C=O) groups is 2. The first kappa shape index (κ1) is 20.7. The zero-order valence-electron chi connectivity index (χ0n) is 15.7. The van der Waals surface area contributed by atoms with Gasteiger partial charge in [-0.15, -0.1) is 0 Å². The summed E-state index contributed by atoms with van der Waals surface area (Å²) in [5.41, 5.74) is 0.941. The number of carbonyl (C=O) groups excluding carboxylic acids is 1. The van der Waals surface area contributed by atoms with Crippen molar-refractivity contribution in [2.75, 3.05) is 10.6 Å². The Morgan fingerprint density at radius 2 is 1.70 bits per heavy atom. The molecule has 0 saturated heterocycles. The van der Waals surface area contributed by atoms with Crippen molar-refractivity contribution in [3.05, 3.63) is 96.2 Å². The molecule has 3 rings (SSSR count). The highest BCUT2D eigenvalue weighted by atomic mass is 32.2. The molecule has 0 bridgehead atoms. The van der Waals surface area contributed by atoms with Gasteiger partial charge in [0.2, 0.25) is 0 Å². The van der Waals surface area contributed by atoms with Crippen LogP contribution in [0.4, 0.5) is 11.4 Å². The van der Waals surface area contributed by atoms with E-state index in [1.54, 1.807) is 17.8 Å². The van der Waals surface area contributed by atoms with Gasteiger partial charge in [0.1, 0.15) is 11.6 Å². The molecule has 1 amide bonds. The number of nitriles is 1. The summed E-state index contributed by atoms with van der Waals surface area (Å²) >= 11 is 1.56. The van der Waals surface area contributed by atoms with Gasteiger partial charge in [0, 0.05) is 21.7 Å². The van der Waals surface area contributed by atoms with E-state index < -0.39 is 11.9 Å². The van der Waals surface area contributed by atoms with E-state index >= 15 is 0 Å². The lowest BCUT2D eigenvalue weighted by atomic mass is 10.2. The average Bonchev–Trinajstić information content (AvgIpc) is 2.76. The van der Waals surface area contributed by atoms with Gasteiger partial charge in [0.15, 0.2) is 0 Å². The topological polar surface area (TPSA) is 102 Å². The van der Waals surface area contributed by atoms with Gasteiger partial charge in [0.05, 0.1) is 11.3 Å². The summed E-state index contributed by atoms with van der Waals surface area (Å²) in [6.07, 6.45) is 1.33. The molecule has 0 spiro atoms. The molecular formula is C23H17N3O3S. The highest BCUT2D eigenvalue weighted by Crippen LogP contribution is 2.33. The van der Waals surface area contributed by atoms with E-state index in [-0.39, 0.29) is 11.1 Å². The van der Waals surface area contributed by atoms with Crippen molar-refractivity contribution in [2.24, 2.45) is 0 Å². The van der Waals surface area contributed by atoms with Crippen LogP contribution < -0.4 is 10.6 Å². The highest BCUT2D eigenvalue weighted by molar-refractivity contribution is 7.99. The molecule has 30 heavy (non-hydrogen) atoms. The third kappa shape index (κ3) is 5.50. The van der Waals surface area contributed by atoms with Crippen LogP contribution in [-0.2, 0) is 4.79 Å². The van der Waals surface area contributed by atoms with Crippen molar-refractivity contribution in [1.29, 1.82) is 5.26 Å². The molecule has 0 aliphatic carbocycles. The number of hydrogen-bond donors (Lipinski definition) is 3. The summed E-state index contributed by atoms with van der Waals surface area (Å²) in [5, 5.41) is 24.0. The minimum Gasteiger partial charge on any atom is -0.478 e. The lowest BCUT2D eigenvalue weighted by Gasteiger charge is -2.10. The van der Waals surface area contributed by atoms with E-state index in [0.29, 0.717) is 5.69 Å². The van der Waals surface area contributed by atoms with E-state index in [4.69, 9.17) is 5.11 Å². The third-order valence-electron chi connectivity index (χ3n) is 3.96. The number of carboxylic acids is 1. The number of benzene rings is 3. The number of anilines is 2. The maximum Gasteiger partial charge on any atom is 0.335 e. The number of hydrogen-bond acceptors (Lipinski definition) is 5. The summed E-state index contributed by atoms with van der Waals surface area (Å²) in [6, 6.07) is 25.1. The zero-order valence-corrected chi connectivity index (χ0v) is 16.5. The van der Waals surface area contributed by atoms with E-state index in [1.807, 2.05) is 60.7 Å². The van der Waals surface area contributed by atoms with Gasteiger partial charge in [-0.25, -0.2) is 4.79 Å². The van der Waals surface area contributed by atoms with Gasteiger partial charge in [-0.1, -0.05) is 48.2 Å². The normalized spacial score (nSPS) is 10.7. The molecule has 6 nitrogen and oxygen atoms in total. The van der Waals surface area contributed by atoms with Crippen LogP contribution in [0.15, 0.2) is 100 Å². The number of rotatable bonds is 7. The maximum absolute atomic E-state index is 12.4. The van der Waals surface area contributed by atoms with Crippen LogP contribution in [0.25, 0.3) is 0 Å². The van der Waals surface area contributed by atoms with Crippen LogP contribution >= 0.6 is 11.8 Å². The first-order valence-corrected chi connectivity index (χ1v) is 9.72. The first-order valence-electron chi connectivity index (χ1n) is 8.90. The fourth-order valence-corrected chi connectivity index (χ4v) is 3.45. The fourth-order valence-electron chi connectivity index (χ4n) is 2.52. The largest absolute Gasteiger partial charge is 0.478 e. The number of nitrogens with zero attached hydrogens (tertiary/aromatic N) is 1. The van der Waals surface area contributed by atoms with Gasteiger partial charge in [-0.05, 0) is 42.5 Å². The molecule has 3 aromatic carbocycles. The van der Waals surface area contributed by atoms with Crippen LogP contribution in [0, 0.1) is 11.3 Å². The van der Waals surface area contributed by atoms with Crippen LogP contribution in [0.2, 0.25) is 0 Å². The quantitative estimate of drug-likeness (QED) is 0.371. The lowest BCUT2D eigenvalue weighted by molar-refractivity contribution is -0.112. The molecule has 0 aromatic heterocycles. The number of amides is 1. The van der Waals surface area contributed by atoms with Gasteiger partial charge >= 0.3 is 5.97 Å². The Kier molecular flexibility index (Phi) is 6.87. The SMILES string of the molecule is N#C/C(=C/Nc1ccccc1Sc1ccccc1)C(=O)Nc1cccc(C(=O)O)c1.